The summed E-state index contributed by atoms with van der Waals surface area (Å²) in [6.45, 7) is 0.695. The Morgan fingerprint density at radius 1 is 0.952 bits per heavy atom. The molecule has 1 aliphatic rings. The maximum Gasteiger partial charge on any atom is 0.0657 e. The number of hydrogen-bond acceptors (Lipinski definition) is 2. The van der Waals surface area contributed by atoms with Gasteiger partial charge in [0.2, 0.25) is 0 Å². The van der Waals surface area contributed by atoms with Crippen molar-refractivity contribution in [2.45, 2.75) is 24.9 Å². The van der Waals surface area contributed by atoms with Crippen molar-refractivity contribution in [1.82, 2.24) is 5.32 Å². The number of nitrogens with one attached hydrogen (secondary N) is 1. The van der Waals surface area contributed by atoms with Crippen LogP contribution in [0.4, 0.5) is 0 Å². The summed E-state index contributed by atoms with van der Waals surface area (Å²) in [6.07, 6.45) is 2.64. The van der Waals surface area contributed by atoms with E-state index < -0.39 is 0 Å². The predicted octanol–water partition coefficient (Wildman–Crippen LogP) is 4.12. The Hall–Kier alpha value is -1.64. The molecule has 1 N–H and O–H groups in total. The first kappa shape index (κ1) is 14.3. The first-order valence-corrected chi connectivity index (χ1v) is 7.73. The molecule has 0 aromatic heterocycles. The molecule has 2 nitrogen and oxygen atoms in total. The van der Waals surface area contributed by atoms with E-state index in [0.717, 1.165) is 5.92 Å². The third-order valence-corrected chi connectivity index (χ3v) is 4.17. The lowest BCUT2D eigenvalue weighted by atomic mass is 9.99. The van der Waals surface area contributed by atoms with Gasteiger partial charge >= 0.3 is 0 Å². The Morgan fingerprint density at radius 3 is 2.05 bits per heavy atom. The van der Waals surface area contributed by atoms with Crippen LogP contribution in [-0.4, -0.2) is 13.7 Å². The van der Waals surface area contributed by atoms with Crippen LogP contribution in [0.3, 0.4) is 0 Å². The van der Waals surface area contributed by atoms with Crippen LogP contribution < -0.4 is 5.32 Å². The number of hydrogen-bond donors (Lipinski definition) is 1. The summed E-state index contributed by atoms with van der Waals surface area (Å²) in [5, 5.41) is 3.82. The highest BCUT2D eigenvalue weighted by Gasteiger charge is 2.33. The molecule has 1 aliphatic carbocycles. The molecule has 110 valence electrons. The van der Waals surface area contributed by atoms with Crippen LogP contribution in [0, 0.1) is 5.92 Å². The molecule has 2 aromatic rings. The van der Waals surface area contributed by atoms with Crippen molar-refractivity contribution < 1.29 is 4.74 Å². The number of ether oxygens (including phenoxy) is 1. The maximum absolute atomic E-state index is 5.43. The van der Waals surface area contributed by atoms with Gasteiger partial charge < -0.3 is 10.1 Å². The fraction of sp³-hybridized carbons (Fsp3) is 0.368. The van der Waals surface area contributed by atoms with Crippen molar-refractivity contribution in [2.24, 2.45) is 5.92 Å². The minimum atomic E-state index is 0.238. The molecule has 0 aliphatic heterocycles. The smallest absolute Gasteiger partial charge is 0.0657 e. The lowest BCUT2D eigenvalue weighted by Crippen LogP contribution is -2.30. The summed E-state index contributed by atoms with van der Waals surface area (Å²) in [7, 11) is 1.77. The van der Waals surface area contributed by atoms with Gasteiger partial charge in [-0.05, 0) is 29.9 Å². The number of benzene rings is 2. The fourth-order valence-electron chi connectivity index (χ4n) is 2.90. The summed E-state index contributed by atoms with van der Waals surface area (Å²) >= 11 is 0. The fourth-order valence-corrected chi connectivity index (χ4v) is 2.90. The summed E-state index contributed by atoms with van der Waals surface area (Å²) in [6, 6.07) is 22.0. The Morgan fingerprint density at radius 2 is 1.52 bits per heavy atom. The molecule has 2 aromatic carbocycles. The predicted molar refractivity (Wildman–Crippen MR) is 86.1 cm³/mol. The van der Waals surface area contributed by atoms with E-state index in [-0.39, 0.29) is 6.04 Å². The van der Waals surface area contributed by atoms with Crippen LogP contribution in [0.2, 0.25) is 0 Å². The van der Waals surface area contributed by atoms with E-state index in [0.29, 0.717) is 12.6 Å². The Labute approximate surface area is 127 Å². The Balaban J connectivity index is 1.79. The molecule has 0 spiro atoms. The molecule has 1 saturated carbocycles. The van der Waals surface area contributed by atoms with Crippen molar-refractivity contribution in [3.8, 4) is 0 Å². The summed E-state index contributed by atoms with van der Waals surface area (Å²) in [5.41, 5.74) is 2.68. The molecule has 2 atom stereocenters. The van der Waals surface area contributed by atoms with Crippen LogP contribution in [-0.2, 0) is 4.74 Å². The van der Waals surface area contributed by atoms with Crippen molar-refractivity contribution in [1.29, 1.82) is 0 Å². The Kier molecular flexibility index (Phi) is 4.69. The molecule has 0 radical (unpaired) electrons. The summed E-state index contributed by atoms with van der Waals surface area (Å²) in [4.78, 5) is 0. The Bertz CT molecular complexity index is 536. The van der Waals surface area contributed by atoms with Gasteiger partial charge in [0.15, 0.2) is 0 Å². The molecule has 0 amide bonds. The van der Waals surface area contributed by atoms with Gasteiger partial charge in [-0.25, -0.2) is 0 Å². The monoisotopic (exact) mass is 281 g/mol. The average Bonchev–Trinajstić information content (AvgIpc) is 3.38. The minimum Gasteiger partial charge on any atom is -0.383 e. The van der Waals surface area contributed by atoms with E-state index in [1.54, 1.807) is 7.11 Å². The van der Waals surface area contributed by atoms with E-state index >= 15 is 0 Å². The summed E-state index contributed by atoms with van der Waals surface area (Å²) < 4.78 is 5.43. The van der Waals surface area contributed by atoms with Crippen molar-refractivity contribution >= 4 is 0 Å². The van der Waals surface area contributed by atoms with Gasteiger partial charge in [-0.15, -0.1) is 0 Å². The minimum absolute atomic E-state index is 0.238. The van der Waals surface area contributed by atoms with Crippen LogP contribution in [0.5, 0.6) is 0 Å². The molecule has 2 unspecified atom stereocenters. The SMILES string of the molecule is COCC(NC(c1ccccc1)C1CC1)c1ccccc1. The standard InChI is InChI=1S/C19H23NO/c1-21-14-18(15-8-4-2-5-9-15)20-19(17-12-13-17)16-10-6-3-7-11-16/h2-11,17-20H,12-14H2,1H3. The second-order valence-electron chi connectivity index (χ2n) is 5.81. The highest BCUT2D eigenvalue weighted by Crippen LogP contribution is 2.42. The van der Waals surface area contributed by atoms with Crippen LogP contribution in [0.1, 0.15) is 36.1 Å². The molecule has 1 fully saturated rings. The highest BCUT2D eigenvalue weighted by atomic mass is 16.5. The van der Waals surface area contributed by atoms with Gasteiger partial charge in [-0.3, -0.25) is 0 Å². The molecular formula is C19H23NO. The van der Waals surface area contributed by atoms with Gasteiger partial charge in [-0.2, -0.15) is 0 Å². The van der Waals surface area contributed by atoms with Crippen LogP contribution in [0.25, 0.3) is 0 Å². The molecular weight excluding hydrogens is 258 g/mol. The molecule has 21 heavy (non-hydrogen) atoms. The molecule has 0 heterocycles. The lowest BCUT2D eigenvalue weighted by Gasteiger charge is -2.26. The zero-order valence-corrected chi connectivity index (χ0v) is 12.5. The normalized spacial score (nSPS) is 17.4. The van der Waals surface area contributed by atoms with Crippen molar-refractivity contribution in [2.75, 3.05) is 13.7 Å². The van der Waals surface area contributed by atoms with E-state index in [1.165, 1.54) is 24.0 Å². The molecule has 0 bridgehead atoms. The topological polar surface area (TPSA) is 21.3 Å². The molecule has 2 heteroatoms. The van der Waals surface area contributed by atoms with Crippen LogP contribution >= 0.6 is 0 Å². The summed E-state index contributed by atoms with van der Waals surface area (Å²) in [5.74, 6) is 0.760. The maximum atomic E-state index is 5.43. The third kappa shape index (κ3) is 3.72. The largest absolute Gasteiger partial charge is 0.383 e. The number of methoxy groups -OCH3 is 1. The second-order valence-corrected chi connectivity index (χ2v) is 5.81. The van der Waals surface area contributed by atoms with Crippen LogP contribution in [0.15, 0.2) is 60.7 Å². The van der Waals surface area contributed by atoms with E-state index in [9.17, 15) is 0 Å². The highest BCUT2D eigenvalue weighted by molar-refractivity contribution is 5.24. The van der Waals surface area contributed by atoms with Gasteiger partial charge in [0.1, 0.15) is 0 Å². The average molecular weight is 281 g/mol. The van der Waals surface area contributed by atoms with Gasteiger partial charge in [-0.1, -0.05) is 60.7 Å². The number of rotatable bonds is 7. The second kappa shape index (κ2) is 6.88. The molecule has 0 saturated heterocycles. The third-order valence-electron chi connectivity index (χ3n) is 4.17. The quantitative estimate of drug-likeness (QED) is 0.824. The van der Waals surface area contributed by atoms with E-state index in [4.69, 9.17) is 4.74 Å². The van der Waals surface area contributed by atoms with Crippen molar-refractivity contribution in [3.05, 3.63) is 71.8 Å². The van der Waals surface area contributed by atoms with Gasteiger partial charge in [0, 0.05) is 13.2 Å². The van der Waals surface area contributed by atoms with Gasteiger partial charge in [0.25, 0.3) is 0 Å². The zero-order valence-electron chi connectivity index (χ0n) is 12.5. The first-order valence-electron chi connectivity index (χ1n) is 7.73. The van der Waals surface area contributed by atoms with E-state index in [1.807, 2.05) is 0 Å². The van der Waals surface area contributed by atoms with E-state index in [2.05, 4.69) is 66.0 Å². The van der Waals surface area contributed by atoms with Gasteiger partial charge in [0.05, 0.1) is 12.6 Å². The lowest BCUT2D eigenvalue weighted by molar-refractivity contribution is 0.158. The van der Waals surface area contributed by atoms with Crippen molar-refractivity contribution in [3.63, 3.8) is 0 Å². The molecule has 3 rings (SSSR count). The first-order chi connectivity index (χ1) is 10.4. The zero-order chi connectivity index (χ0) is 14.5.